The molecule has 0 aliphatic heterocycles. The Balaban J connectivity index is 2.51. The van der Waals surface area contributed by atoms with Gasteiger partial charge in [-0.15, -0.1) is 0 Å². The van der Waals surface area contributed by atoms with Gasteiger partial charge in [0.15, 0.2) is 0 Å². The molecule has 0 aromatic heterocycles. The lowest BCUT2D eigenvalue weighted by atomic mass is 10.1. The first-order valence-corrected chi connectivity index (χ1v) is 7.77. The molecule has 0 saturated heterocycles. The zero-order valence-corrected chi connectivity index (χ0v) is 11.4. The van der Waals surface area contributed by atoms with Crippen molar-refractivity contribution in [2.75, 3.05) is 5.75 Å². The van der Waals surface area contributed by atoms with E-state index in [-0.39, 0.29) is 5.75 Å². The van der Waals surface area contributed by atoms with Crippen LogP contribution in [0.4, 0.5) is 0 Å². The van der Waals surface area contributed by atoms with Crippen molar-refractivity contribution in [3.05, 3.63) is 35.4 Å². The monoisotopic (exact) mass is 255 g/mol. The van der Waals surface area contributed by atoms with Crippen LogP contribution in [0.5, 0.6) is 0 Å². The fourth-order valence-corrected chi connectivity index (χ4v) is 2.09. The summed E-state index contributed by atoms with van der Waals surface area (Å²) in [6, 6.07) is 8.13. The molecule has 0 unspecified atom stereocenters. The van der Waals surface area contributed by atoms with Crippen LogP contribution in [0.15, 0.2) is 24.3 Å². The smallest absolute Gasteiger partial charge is 0.211 e. The summed E-state index contributed by atoms with van der Waals surface area (Å²) < 4.78 is 25.1. The zero-order valence-electron chi connectivity index (χ0n) is 10.6. The third kappa shape index (κ3) is 5.33. The first-order chi connectivity index (χ1) is 8.07. The Hall–Kier alpha value is -0.870. The lowest BCUT2D eigenvalue weighted by Crippen LogP contribution is -2.24. The van der Waals surface area contributed by atoms with E-state index in [1.165, 1.54) is 18.4 Å². The van der Waals surface area contributed by atoms with Gasteiger partial charge in [0, 0.05) is 6.54 Å². The number of nitrogens with one attached hydrogen (secondary N) is 1. The molecular formula is C13H21NO2S. The van der Waals surface area contributed by atoms with Gasteiger partial charge in [0.25, 0.3) is 0 Å². The number of rotatable bonds is 7. The van der Waals surface area contributed by atoms with Gasteiger partial charge in [0.2, 0.25) is 10.0 Å². The third-order valence-corrected chi connectivity index (χ3v) is 4.06. The molecule has 0 heterocycles. The standard InChI is InChI=1S/C13H21NO2S/c1-3-5-6-12-7-9-13(10-8-12)11-14-17(15,16)4-2/h7-10,14H,3-6,11H2,1-2H3. The molecular weight excluding hydrogens is 234 g/mol. The van der Waals surface area contributed by atoms with Gasteiger partial charge < -0.3 is 0 Å². The molecule has 0 saturated carbocycles. The second kappa shape index (κ2) is 6.77. The highest BCUT2D eigenvalue weighted by atomic mass is 32.2. The van der Waals surface area contributed by atoms with Gasteiger partial charge in [-0.3, -0.25) is 0 Å². The molecule has 1 aromatic carbocycles. The highest BCUT2D eigenvalue weighted by Gasteiger charge is 2.05. The van der Waals surface area contributed by atoms with Gasteiger partial charge in [-0.2, -0.15) is 0 Å². The Bertz CT molecular complexity index is 423. The van der Waals surface area contributed by atoms with Crippen molar-refractivity contribution in [2.24, 2.45) is 0 Å². The maximum absolute atomic E-state index is 11.3. The van der Waals surface area contributed by atoms with Crippen molar-refractivity contribution in [1.29, 1.82) is 0 Å². The van der Waals surface area contributed by atoms with Gasteiger partial charge in [0.1, 0.15) is 0 Å². The maximum Gasteiger partial charge on any atom is 0.211 e. The van der Waals surface area contributed by atoms with Gasteiger partial charge in [-0.05, 0) is 30.9 Å². The normalized spacial score (nSPS) is 11.6. The molecule has 17 heavy (non-hydrogen) atoms. The summed E-state index contributed by atoms with van der Waals surface area (Å²) in [6.45, 7) is 4.19. The van der Waals surface area contributed by atoms with Crippen LogP contribution >= 0.6 is 0 Å². The fraction of sp³-hybridized carbons (Fsp3) is 0.538. The third-order valence-electron chi connectivity index (χ3n) is 2.72. The SMILES string of the molecule is CCCCc1ccc(CNS(=O)(=O)CC)cc1. The molecule has 1 N–H and O–H groups in total. The quantitative estimate of drug-likeness (QED) is 0.813. The van der Waals surface area contributed by atoms with Gasteiger partial charge in [-0.1, -0.05) is 37.6 Å². The van der Waals surface area contributed by atoms with E-state index in [4.69, 9.17) is 0 Å². The number of hydrogen-bond acceptors (Lipinski definition) is 2. The first kappa shape index (κ1) is 14.2. The lowest BCUT2D eigenvalue weighted by molar-refractivity contribution is 0.582. The van der Waals surface area contributed by atoms with Gasteiger partial charge >= 0.3 is 0 Å². The van der Waals surface area contributed by atoms with Crippen LogP contribution in [0.1, 0.15) is 37.8 Å². The second-order valence-electron chi connectivity index (χ2n) is 4.14. The average molecular weight is 255 g/mol. The van der Waals surface area contributed by atoms with E-state index in [0.29, 0.717) is 6.54 Å². The molecule has 0 aliphatic carbocycles. The van der Waals surface area contributed by atoms with Crippen molar-refractivity contribution < 1.29 is 8.42 Å². The van der Waals surface area contributed by atoms with Crippen LogP contribution in [-0.2, 0) is 23.0 Å². The molecule has 96 valence electrons. The van der Waals surface area contributed by atoms with E-state index in [1.807, 2.05) is 12.1 Å². The van der Waals surface area contributed by atoms with Crippen LogP contribution in [0.3, 0.4) is 0 Å². The van der Waals surface area contributed by atoms with Crippen molar-refractivity contribution in [3.8, 4) is 0 Å². The molecule has 1 rings (SSSR count). The predicted molar refractivity (Wildman–Crippen MR) is 71.4 cm³/mol. The zero-order chi connectivity index (χ0) is 12.7. The minimum Gasteiger partial charge on any atom is -0.212 e. The highest BCUT2D eigenvalue weighted by molar-refractivity contribution is 7.89. The van der Waals surface area contributed by atoms with Crippen LogP contribution in [0.25, 0.3) is 0 Å². The molecule has 3 nitrogen and oxygen atoms in total. The number of sulfonamides is 1. The molecule has 0 bridgehead atoms. The van der Waals surface area contributed by atoms with Crippen LogP contribution < -0.4 is 4.72 Å². The van der Waals surface area contributed by atoms with Gasteiger partial charge in [-0.25, -0.2) is 13.1 Å². The summed E-state index contributed by atoms with van der Waals surface area (Å²) in [4.78, 5) is 0. The summed E-state index contributed by atoms with van der Waals surface area (Å²) in [6.07, 6.45) is 3.48. The number of benzene rings is 1. The summed E-state index contributed by atoms with van der Waals surface area (Å²) >= 11 is 0. The van der Waals surface area contributed by atoms with E-state index in [9.17, 15) is 8.42 Å². The summed E-state index contributed by atoms with van der Waals surface area (Å²) in [7, 11) is -3.09. The van der Waals surface area contributed by atoms with Crippen LogP contribution in [-0.4, -0.2) is 14.2 Å². The first-order valence-electron chi connectivity index (χ1n) is 6.12. The van der Waals surface area contributed by atoms with E-state index < -0.39 is 10.0 Å². The predicted octanol–water partition coefficient (Wildman–Crippen LogP) is 2.47. The van der Waals surface area contributed by atoms with Crippen LogP contribution in [0.2, 0.25) is 0 Å². The Morgan fingerprint density at radius 2 is 1.65 bits per heavy atom. The van der Waals surface area contributed by atoms with Crippen molar-refractivity contribution in [2.45, 2.75) is 39.7 Å². The van der Waals surface area contributed by atoms with E-state index in [1.54, 1.807) is 6.92 Å². The van der Waals surface area contributed by atoms with Crippen molar-refractivity contribution in [3.63, 3.8) is 0 Å². The largest absolute Gasteiger partial charge is 0.212 e. The molecule has 0 radical (unpaired) electrons. The van der Waals surface area contributed by atoms with Crippen molar-refractivity contribution >= 4 is 10.0 Å². The van der Waals surface area contributed by atoms with Crippen molar-refractivity contribution in [1.82, 2.24) is 4.72 Å². The lowest BCUT2D eigenvalue weighted by Gasteiger charge is -2.05. The molecule has 4 heteroatoms. The Labute approximate surface area is 104 Å². The minimum absolute atomic E-state index is 0.127. The number of hydrogen-bond donors (Lipinski definition) is 1. The topological polar surface area (TPSA) is 46.2 Å². The molecule has 0 amide bonds. The minimum atomic E-state index is -3.09. The Morgan fingerprint density at radius 3 is 2.18 bits per heavy atom. The molecule has 0 aliphatic rings. The number of aryl methyl sites for hydroxylation is 1. The molecule has 0 spiro atoms. The van der Waals surface area contributed by atoms with E-state index in [0.717, 1.165) is 12.0 Å². The molecule has 0 fully saturated rings. The number of unbranched alkanes of at least 4 members (excludes halogenated alkanes) is 1. The van der Waals surface area contributed by atoms with Gasteiger partial charge in [0.05, 0.1) is 5.75 Å². The highest BCUT2D eigenvalue weighted by Crippen LogP contribution is 2.08. The maximum atomic E-state index is 11.3. The Kier molecular flexibility index (Phi) is 5.65. The fourth-order valence-electron chi connectivity index (χ4n) is 1.50. The summed E-state index contributed by atoms with van der Waals surface area (Å²) in [5.41, 5.74) is 2.32. The molecule has 1 aromatic rings. The Morgan fingerprint density at radius 1 is 1.06 bits per heavy atom. The average Bonchev–Trinajstić information content (AvgIpc) is 2.35. The van der Waals surface area contributed by atoms with E-state index >= 15 is 0 Å². The molecule has 0 atom stereocenters. The van der Waals surface area contributed by atoms with Crippen LogP contribution in [0, 0.1) is 0 Å². The van der Waals surface area contributed by atoms with E-state index in [2.05, 4.69) is 23.8 Å². The second-order valence-corrected chi connectivity index (χ2v) is 6.24. The summed E-state index contributed by atoms with van der Waals surface area (Å²) in [5, 5.41) is 0. The summed E-state index contributed by atoms with van der Waals surface area (Å²) in [5.74, 6) is 0.127.